The van der Waals surface area contributed by atoms with Gasteiger partial charge in [0.1, 0.15) is 0 Å². The summed E-state index contributed by atoms with van der Waals surface area (Å²) < 4.78 is 0. The molecular weight excluding hydrogens is 375 g/mol. The number of aromatic nitrogens is 1. The molecule has 1 atom stereocenters. The van der Waals surface area contributed by atoms with Crippen LogP contribution in [0.3, 0.4) is 0 Å². The quantitative estimate of drug-likeness (QED) is 0.733. The van der Waals surface area contributed by atoms with Crippen LogP contribution in [0, 0.1) is 5.41 Å². The van der Waals surface area contributed by atoms with Gasteiger partial charge in [-0.05, 0) is 35.7 Å². The topological polar surface area (TPSA) is 97.1 Å². The number of hydrogen-bond donors (Lipinski definition) is 3. The number of rotatable bonds is 4. The maximum Gasteiger partial charge on any atom is 0.255 e. The van der Waals surface area contributed by atoms with Gasteiger partial charge in [0.05, 0.1) is 6.04 Å². The molecular formula is C18H24Cl2N4O2. The SMILES string of the molecule is CC(C)(C)[C@H](N)C(=O)Nc1cccc(NC(=O)c2ccncc2)c1.Cl.Cl. The first-order valence-corrected chi connectivity index (χ1v) is 7.65. The molecule has 0 saturated carbocycles. The molecule has 8 heteroatoms. The zero-order valence-corrected chi connectivity index (χ0v) is 16.5. The van der Waals surface area contributed by atoms with Gasteiger partial charge in [-0.2, -0.15) is 0 Å². The van der Waals surface area contributed by atoms with E-state index >= 15 is 0 Å². The standard InChI is InChI=1S/C18H22N4O2.2ClH/c1-18(2,3)15(19)17(24)22-14-6-4-5-13(11-14)21-16(23)12-7-9-20-10-8-12;;/h4-11,15H,19H2,1-3H3,(H,21,23)(H,22,24);2*1H/t15-;;/m1../s1. The molecule has 2 aromatic rings. The molecule has 0 fully saturated rings. The maximum absolute atomic E-state index is 12.2. The summed E-state index contributed by atoms with van der Waals surface area (Å²) in [5, 5.41) is 5.56. The highest BCUT2D eigenvalue weighted by atomic mass is 35.5. The van der Waals surface area contributed by atoms with Gasteiger partial charge in [-0.1, -0.05) is 26.8 Å². The zero-order chi connectivity index (χ0) is 17.7. The Balaban J connectivity index is 0.00000312. The average molecular weight is 399 g/mol. The Hall–Kier alpha value is -2.15. The number of nitrogens with two attached hydrogens (primary N) is 1. The van der Waals surface area contributed by atoms with Gasteiger partial charge in [0.15, 0.2) is 0 Å². The van der Waals surface area contributed by atoms with Gasteiger partial charge in [-0.3, -0.25) is 14.6 Å². The fraction of sp³-hybridized carbons (Fsp3) is 0.278. The summed E-state index contributed by atoms with van der Waals surface area (Å²) in [5.41, 5.74) is 7.28. The molecule has 0 aliphatic rings. The fourth-order valence-corrected chi connectivity index (χ4v) is 1.99. The molecule has 2 amide bonds. The summed E-state index contributed by atoms with van der Waals surface area (Å²) in [4.78, 5) is 28.2. The highest BCUT2D eigenvalue weighted by Gasteiger charge is 2.27. The molecule has 2 rings (SSSR count). The first-order chi connectivity index (χ1) is 11.3. The lowest BCUT2D eigenvalue weighted by atomic mass is 9.87. The van der Waals surface area contributed by atoms with Crippen molar-refractivity contribution in [3.05, 3.63) is 54.4 Å². The second kappa shape index (κ2) is 10.1. The minimum absolute atomic E-state index is 0. The van der Waals surface area contributed by atoms with E-state index in [9.17, 15) is 9.59 Å². The predicted molar refractivity (Wildman–Crippen MR) is 109 cm³/mol. The van der Waals surface area contributed by atoms with Gasteiger partial charge in [0, 0.05) is 29.3 Å². The minimum Gasteiger partial charge on any atom is -0.325 e. The second-order valence-electron chi connectivity index (χ2n) is 6.60. The summed E-state index contributed by atoms with van der Waals surface area (Å²) in [7, 11) is 0. The Morgan fingerprint density at radius 1 is 1.00 bits per heavy atom. The van der Waals surface area contributed by atoms with E-state index in [0.717, 1.165) is 0 Å². The molecule has 1 aromatic heterocycles. The van der Waals surface area contributed by atoms with Crippen molar-refractivity contribution in [1.82, 2.24) is 4.98 Å². The van der Waals surface area contributed by atoms with Crippen molar-refractivity contribution in [3.8, 4) is 0 Å². The van der Waals surface area contributed by atoms with Gasteiger partial charge >= 0.3 is 0 Å². The molecule has 0 unspecified atom stereocenters. The van der Waals surface area contributed by atoms with Crippen molar-refractivity contribution in [2.45, 2.75) is 26.8 Å². The average Bonchev–Trinajstić information content (AvgIpc) is 2.54. The Morgan fingerprint density at radius 2 is 1.54 bits per heavy atom. The van der Waals surface area contributed by atoms with E-state index in [1.165, 1.54) is 0 Å². The smallest absolute Gasteiger partial charge is 0.255 e. The number of hydrogen-bond acceptors (Lipinski definition) is 4. The molecule has 26 heavy (non-hydrogen) atoms. The highest BCUT2D eigenvalue weighted by Crippen LogP contribution is 2.20. The van der Waals surface area contributed by atoms with E-state index in [1.807, 2.05) is 20.8 Å². The molecule has 6 nitrogen and oxygen atoms in total. The van der Waals surface area contributed by atoms with Crippen LogP contribution < -0.4 is 16.4 Å². The third-order valence-corrected chi connectivity index (χ3v) is 3.55. The van der Waals surface area contributed by atoms with Crippen LogP contribution in [-0.4, -0.2) is 22.8 Å². The molecule has 0 aliphatic heterocycles. The molecule has 0 aliphatic carbocycles. The normalized spacial score (nSPS) is 11.4. The molecule has 0 bridgehead atoms. The fourth-order valence-electron chi connectivity index (χ4n) is 1.99. The van der Waals surface area contributed by atoms with Crippen molar-refractivity contribution in [1.29, 1.82) is 0 Å². The van der Waals surface area contributed by atoms with Gasteiger partial charge in [0.2, 0.25) is 5.91 Å². The minimum atomic E-state index is -0.632. The number of carbonyl (C=O) groups excluding carboxylic acids is 2. The number of carbonyl (C=O) groups is 2. The maximum atomic E-state index is 12.2. The Bertz CT molecular complexity index is 733. The lowest BCUT2D eigenvalue weighted by Crippen LogP contribution is -2.45. The van der Waals surface area contributed by atoms with Crippen LogP contribution in [0.5, 0.6) is 0 Å². The zero-order valence-electron chi connectivity index (χ0n) is 14.9. The van der Waals surface area contributed by atoms with Crippen LogP contribution in [0.1, 0.15) is 31.1 Å². The summed E-state index contributed by atoms with van der Waals surface area (Å²) in [6.45, 7) is 5.72. The van der Waals surface area contributed by atoms with E-state index in [2.05, 4.69) is 15.6 Å². The first kappa shape index (κ1) is 23.9. The van der Waals surface area contributed by atoms with Crippen molar-refractivity contribution >= 4 is 48.0 Å². The molecule has 1 aromatic carbocycles. The number of nitrogens with zero attached hydrogens (tertiary/aromatic N) is 1. The number of anilines is 2. The van der Waals surface area contributed by atoms with E-state index < -0.39 is 6.04 Å². The van der Waals surface area contributed by atoms with E-state index in [1.54, 1.807) is 48.8 Å². The highest BCUT2D eigenvalue weighted by molar-refractivity contribution is 6.04. The van der Waals surface area contributed by atoms with Gasteiger partial charge < -0.3 is 16.4 Å². The van der Waals surface area contributed by atoms with Gasteiger partial charge in [-0.25, -0.2) is 0 Å². The van der Waals surface area contributed by atoms with E-state index in [-0.39, 0.29) is 42.0 Å². The van der Waals surface area contributed by atoms with E-state index in [0.29, 0.717) is 16.9 Å². The molecule has 0 saturated heterocycles. The lowest BCUT2D eigenvalue weighted by Gasteiger charge is -2.25. The molecule has 0 spiro atoms. The molecule has 1 heterocycles. The van der Waals surface area contributed by atoms with Gasteiger partial charge in [0.25, 0.3) is 5.91 Å². The van der Waals surface area contributed by atoms with Crippen LogP contribution in [-0.2, 0) is 4.79 Å². The van der Waals surface area contributed by atoms with Crippen molar-refractivity contribution in [3.63, 3.8) is 0 Å². The van der Waals surface area contributed by atoms with Crippen molar-refractivity contribution in [2.24, 2.45) is 11.1 Å². The third kappa shape index (κ3) is 6.63. The number of amides is 2. The second-order valence-corrected chi connectivity index (χ2v) is 6.60. The Morgan fingerprint density at radius 3 is 2.08 bits per heavy atom. The monoisotopic (exact) mass is 398 g/mol. The van der Waals surface area contributed by atoms with Crippen molar-refractivity contribution < 1.29 is 9.59 Å². The number of benzene rings is 1. The number of halogens is 2. The third-order valence-electron chi connectivity index (χ3n) is 3.55. The summed E-state index contributed by atoms with van der Waals surface area (Å²) in [5.74, 6) is -0.507. The van der Waals surface area contributed by atoms with Gasteiger partial charge in [-0.15, -0.1) is 24.8 Å². The Labute approximate surface area is 165 Å². The summed E-state index contributed by atoms with van der Waals surface area (Å²) in [6, 6.07) is 9.56. The van der Waals surface area contributed by atoms with Crippen LogP contribution >= 0.6 is 24.8 Å². The number of nitrogens with one attached hydrogen (secondary N) is 2. The molecule has 142 valence electrons. The predicted octanol–water partition coefficient (Wildman–Crippen LogP) is 3.49. The summed E-state index contributed by atoms with van der Waals surface area (Å²) >= 11 is 0. The van der Waals surface area contributed by atoms with Crippen LogP contribution in [0.25, 0.3) is 0 Å². The number of pyridine rings is 1. The largest absolute Gasteiger partial charge is 0.325 e. The van der Waals surface area contributed by atoms with E-state index in [4.69, 9.17) is 5.73 Å². The molecule has 0 radical (unpaired) electrons. The molecule has 4 N–H and O–H groups in total. The van der Waals surface area contributed by atoms with Crippen LogP contribution in [0.15, 0.2) is 48.8 Å². The van der Waals surface area contributed by atoms with Crippen molar-refractivity contribution in [2.75, 3.05) is 10.6 Å². The van der Waals surface area contributed by atoms with Crippen LogP contribution in [0.2, 0.25) is 0 Å². The Kier molecular flexibility index (Phi) is 9.27. The first-order valence-electron chi connectivity index (χ1n) is 7.65. The lowest BCUT2D eigenvalue weighted by molar-refractivity contribution is -0.119. The summed E-state index contributed by atoms with van der Waals surface area (Å²) in [6.07, 6.45) is 3.11. The van der Waals surface area contributed by atoms with Crippen LogP contribution in [0.4, 0.5) is 11.4 Å².